The van der Waals surface area contributed by atoms with Crippen LogP contribution in [-0.2, 0) is 17.9 Å². The molecule has 3 aromatic rings. The van der Waals surface area contributed by atoms with Gasteiger partial charge in [0.25, 0.3) is 5.91 Å². The Balaban J connectivity index is 1.45. The second-order valence-corrected chi connectivity index (χ2v) is 6.01. The minimum Gasteiger partial charge on any atom is -0.352 e. The smallest absolute Gasteiger partial charge is 0.251 e. The van der Waals surface area contributed by atoms with Crippen LogP contribution in [0.5, 0.6) is 0 Å². The summed E-state index contributed by atoms with van der Waals surface area (Å²) in [5, 5.41) is 9.76. The van der Waals surface area contributed by atoms with Gasteiger partial charge in [0.05, 0.1) is 6.54 Å². The molecule has 138 valence electrons. The van der Waals surface area contributed by atoms with Gasteiger partial charge < -0.3 is 10.6 Å². The van der Waals surface area contributed by atoms with E-state index in [0.717, 1.165) is 11.1 Å². The Labute approximate surface area is 157 Å². The first-order valence-electron chi connectivity index (χ1n) is 8.71. The summed E-state index contributed by atoms with van der Waals surface area (Å²) in [6.45, 7) is 1.32. The molecule has 0 radical (unpaired) electrons. The van der Waals surface area contributed by atoms with E-state index < -0.39 is 0 Å². The molecule has 0 saturated heterocycles. The molecule has 3 rings (SSSR count). The van der Waals surface area contributed by atoms with Crippen LogP contribution in [0.1, 0.15) is 27.9 Å². The van der Waals surface area contributed by atoms with Crippen molar-refractivity contribution in [1.29, 1.82) is 0 Å². The van der Waals surface area contributed by atoms with Crippen molar-refractivity contribution in [3.8, 4) is 0 Å². The molecule has 0 spiro atoms. The summed E-state index contributed by atoms with van der Waals surface area (Å²) in [4.78, 5) is 28.0. The molecule has 7 nitrogen and oxygen atoms in total. The molecule has 27 heavy (non-hydrogen) atoms. The summed E-state index contributed by atoms with van der Waals surface area (Å²) >= 11 is 0. The van der Waals surface area contributed by atoms with Gasteiger partial charge in [-0.15, -0.1) is 0 Å². The van der Waals surface area contributed by atoms with Gasteiger partial charge in [0.1, 0.15) is 12.7 Å². The van der Waals surface area contributed by atoms with E-state index in [1.165, 1.54) is 6.33 Å². The van der Waals surface area contributed by atoms with Gasteiger partial charge in [-0.2, -0.15) is 5.10 Å². The lowest BCUT2D eigenvalue weighted by Crippen LogP contribution is -2.30. The number of rotatable bonds is 8. The number of benzene rings is 2. The summed E-state index contributed by atoms with van der Waals surface area (Å²) in [5.41, 5.74) is 2.68. The van der Waals surface area contributed by atoms with Crippen molar-refractivity contribution in [2.45, 2.75) is 19.5 Å². The summed E-state index contributed by atoms with van der Waals surface area (Å²) < 4.78 is 1.74. The Hall–Kier alpha value is -3.48. The summed E-state index contributed by atoms with van der Waals surface area (Å²) in [5.74, 6) is -0.291. The largest absolute Gasteiger partial charge is 0.352 e. The van der Waals surface area contributed by atoms with E-state index in [-0.39, 0.29) is 18.2 Å². The fourth-order valence-corrected chi connectivity index (χ4v) is 2.64. The second-order valence-electron chi connectivity index (χ2n) is 6.01. The molecule has 0 atom stereocenters. The first kappa shape index (κ1) is 18.3. The zero-order valence-corrected chi connectivity index (χ0v) is 14.8. The maximum Gasteiger partial charge on any atom is 0.251 e. The fraction of sp³-hybridized carbons (Fsp3) is 0.200. The molecule has 0 bridgehead atoms. The van der Waals surface area contributed by atoms with Crippen LogP contribution < -0.4 is 10.6 Å². The topological polar surface area (TPSA) is 88.9 Å². The quantitative estimate of drug-likeness (QED) is 0.638. The highest BCUT2D eigenvalue weighted by Gasteiger charge is 2.08. The number of carbonyl (C=O) groups is 2. The first-order chi connectivity index (χ1) is 13.2. The molecule has 0 aliphatic carbocycles. The van der Waals surface area contributed by atoms with Crippen LogP contribution in [0.3, 0.4) is 0 Å². The lowest BCUT2D eigenvalue weighted by Gasteiger charge is -2.11. The fourth-order valence-electron chi connectivity index (χ4n) is 2.64. The number of carbonyl (C=O) groups excluding carboxylic acids is 2. The number of nitrogens with zero attached hydrogens (tertiary/aromatic N) is 3. The highest BCUT2D eigenvalue weighted by Crippen LogP contribution is 2.10. The summed E-state index contributed by atoms with van der Waals surface area (Å²) in [6, 6.07) is 16.8. The van der Waals surface area contributed by atoms with Crippen LogP contribution in [0.2, 0.25) is 0 Å². The Morgan fingerprint density at radius 3 is 2.41 bits per heavy atom. The van der Waals surface area contributed by atoms with E-state index in [4.69, 9.17) is 0 Å². The minimum atomic E-state index is -0.179. The zero-order valence-electron chi connectivity index (χ0n) is 14.8. The van der Waals surface area contributed by atoms with Crippen molar-refractivity contribution in [2.75, 3.05) is 6.54 Å². The molecule has 0 fully saturated rings. The number of hydrogen-bond donors (Lipinski definition) is 2. The second kappa shape index (κ2) is 9.28. The van der Waals surface area contributed by atoms with E-state index in [0.29, 0.717) is 25.2 Å². The highest BCUT2D eigenvalue weighted by molar-refractivity contribution is 5.94. The van der Waals surface area contributed by atoms with Gasteiger partial charge in [-0.3, -0.25) is 9.59 Å². The van der Waals surface area contributed by atoms with Gasteiger partial charge in [-0.1, -0.05) is 42.5 Å². The number of nitrogens with one attached hydrogen (secondary N) is 2. The van der Waals surface area contributed by atoms with Crippen LogP contribution in [0.15, 0.2) is 67.3 Å². The lowest BCUT2D eigenvalue weighted by atomic mass is 10.1. The maximum absolute atomic E-state index is 12.1. The van der Waals surface area contributed by atoms with Crippen LogP contribution in [0, 0.1) is 0 Å². The highest BCUT2D eigenvalue weighted by atomic mass is 16.2. The minimum absolute atomic E-state index is 0.112. The molecule has 0 aliphatic heterocycles. The van der Waals surface area contributed by atoms with Crippen molar-refractivity contribution < 1.29 is 9.59 Å². The standard InChI is InChI=1S/C20H21N5O2/c26-19(10-11-22-20(27)16-6-2-1-3-7-16)23-12-17-8-4-5-9-18(17)13-25-15-21-14-24-25/h1-9,14-15H,10-13H2,(H,22,27)(H,23,26). The molecule has 7 heteroatoms. The van der Waals surface area contributed by atoms with Crippen LogP contribution in [0.4, 0.5) is 0 Å². The molecular formula is C20H21N5O2. The van der Waals surface area contributed by atoms with Gasteiger partial charge in [-0.25, -0.2) is 9.67 Å². The Kier molecular flexibility index (Phi) is 6.30. The first-order valence-corrected chi connectivity index (χ1v) is 8.71. The van der Waals surface area contributed by atoms with Gasteiger partial charge in [0.2, 0.25) is 5.91 Å². The van der Waals surface area contributed by atoms with E-state index in [1.54, 1.807) is 35.3 Å². The Morgan fingerprint density at radius 1 is 0.926 bits per heavy atom. The summed E-state index contributed by atoms with van der Waals surface area (Å²) in [6.07, 6.45) is 3.38. The van der Waals surface area contributed by atoms with Crippen molar-refractivity contribution in [1.82, 2.24) is 25.4 Å². The van der Waals surface area contributed by atoms with E-state index in [9.17, 15) is 9.59 Å². The molecule has 0 unspecified atom stereocenters. The Morgan fingerprint density at radius 2 is 1.67 bits per heavy atom. The van der Waals surface area contributed by atoms with Gasteiger partial charge in [-0.05, 0) is 23.3 Å². The molecule has 1 aromatic heterocycles. The maximum atomic E-state index is 12.1. The molecule has 2 amide bonds. The average molecular weight is 363 g/mol. The van der Waals surface area contributed by atoms with Crippen molar-refractivity contribution >= 4 is 11.8 Å². The summed E-state index contributed by atoms with van der Waals surface area (Å²) in [7, 11) is 0. The van der Waals surface area contributed by atoms with Gasteiger partial charge in [0, 0.05) is 25.1 Å². The van der Waals surface area contributed by atoms with Crippen molar-refractivity contribution in [2.24, 2.45) is 0 Å². The molecular weight excluding hydrogens is 342 g/mol. The SMILES string of the molecule is O=C(CCNC(=O)c1ccccc1)NCc1ccccc1Cn1cncn1. The average Bonchev–Trinajstić information content (AvgIpc) is 3.21. The molecule has 1 heterocycles. The lowest BCUT2D eigenvalue weighted by molar-refractivity contribution is -0.121. The van der Waals surface area contributed by atoms with Gasteiger partial charge >= 0.3 is 0 Å². The molecule has 2 N–H and O–H groups in total. The third-order valence-corrected chi connectivity index (χ3v) is 4.07. The van der Waals surface area contributed by atoms with E-state index in [2.05, 4.69) is 20.7 Å². The normalized spacial score (nSPS) is 10.4. The van der Waals surface area contributed by atoms with Crippen LogP contribution in [-0.4, -0.2) is 33.1 Å². The molecule has 0 saturated carbocycles. The van der Waals surface area contributed by atoms with E-state index in [1.807, 2.05) is 30.3 Å². The number of amides is 2. The predicted molar refractivity (Wildman–Crippen MR) is 101 cm³/mol. The number of aromatic nitrogens is 3. The zero-order chi connectivity index (χ0) is 18.9. The molecule has 0 aliphatic rings. The van der Waals surface area contributed by atoms with Crippen molar-refractivity contribution in [3.63, 3.8) is 0 Å². The van der Waals surface area contributed by atoms with Crippen LogP contribution >= 0.6 is 0 Å². The monoisotopic (exact) mass is 363 g/mol. The van der Waals surface area contributed by atoms with Gasteiger partial charge in [0.15, 0.2) is 0 Å². The third kappa shape index (κ3) is 5.50. The predicted octanol–water partition coefficient (Wildman–Crippen LogP) is 1.76. The molecule has 2 aromatic carbocycles. The number of hydrogen-bond acceptors (Lipinski definition) is 4. The van der Waals surface area contributed by atoms with E-state index >= 15 is 0 Å². The van der Waals surface area contributed by atoms with Crippen LogP contribution in [0.25, 0.3) is 0 Å². The van der Waals surface area contributed by atoms with Crippen molar-refractivity contribution in [3.05, 3.63) is 83.9 Å². The third-order valence-electron chi connectivity index (χ3n) is 4.07. The Bertz CT molecular complexity index is 878.